The molecule has 0 aromatic heterocycles. The number of nitrogens with two attached hydrogens (primary N) is 1. The van der Waals surface area contributed by atoms with Crippen LogP contribution in [0.5, 0.6) is 0 Å². The lowest BCUT2D eigenvalue weighted by atomic mass is 10.4. The lowest BCUT2D eigenvalue weighted by molar-refractivity contribution is -0.195. The second-order valence-electron chi connectivity index (χ2n) is 1.70. The van der Waals surface area contributed by atoms with Gasteiger partial charge in [0.25, 0.3) is 0 Å². The molecule has 0 aliphatic carbocycles. The van der Waals surface area contributed by atoms with Gasteiger partial charge in [0.1, 0.15) is 0 Å². The molecule has 0 amide bonds. The predicted molar refractivity (Wildman–Crippen MR) is 46.4 cm³/mol. The Bertz CT molecular complexity index is 216. The van der Waals surface area contributed by atoms with Gasteiger partial charge < -0.3 is 0 Å². The maximum absolute atomic E-state index is 4.65. The zero-order chi connectivity index (χ0) is 8.10. The second kappa shape index (κ2) is 4.74. The van der Waals surface area contributed by atoms with Gasteiger partial charge in [0, 0.05) is 9.37 Å². The summed E-state index contributed by atoms with van der Waals surface area (Å²) >= 11 is 4.37. The van der Waals surface area contributed by atoms with Gasteiger partial charge in [0.15, 0.2) is 0 Å². The fourth-order valence-electron chi connectivity index (χ4n) is 0.549. The van der Waals surface area contributed by atoms with E-state index in [1.54, 1.807) is 0 Å². The zero-order valence-electron chi connectivity index (χ0n) is 5.49. The Hall–Kier alpha value is -0.0700. The molecule has 3 nitrogen and oxygen atoms in total. The first-order chi connectivity index (χ1) is 5.33. The molecule has 2 N–H and O–H groups in total. The van der Waals surface area contributed by atoms with E-state index >= 15 is 0 Å². The Labute approximate surface area is 77.1 Å². The molecule has 0 aliphatic heterocycles. The maximum Gasteiger partial charge on any atom is 0.0702 e. The summed E-state index contributed by atoms with van der Waals surface area (Å²) in [6.07, 6.45) is 0. The van der Waals surface area contributed by atoms with Gasteiger partial charge in [0.05, 0.1) is 12.0 Å². The van der Waals surface area contributed by atoms with Crippen molar-refractivity contribution in [1.29, 1.82) is 0 Å². The molecule has 1 rings (SSSR count). The van der Waals surface area contributed by atoms with Crippen molar-refractivity contribution < 1.29 is 9.32 Å². The van der Waals surface area contributed by atoms with Crippen LogP contribution in [0.3, 0.4) is 0 Å². The van der Waals surface area contributed by atoms with Crippen molar-refractivity contribution in [3.8, 4) is 0 Å². The van der Waals surface area contributed by atoms with E-state index < -0.39 is 0 Å². The largest absolute Gasteiger partial charge is 0.182 e. The molecule has 0 spiro atoms. The van der Waals surface area contributed by atoms with E-state index in [0.717, 1.165) is 21.4 Å². The average molecular weight is 236 g/mol. The summed E-state index contributed by atoms with van der Waals surface area (Å²) in [7, 11) is 0. The number of halogens is 1. The summed E-state index contributed by atoms with van der Waals surface area (Å²) in [6, 6.07) is 7.58. The van der Waals surface area contributed by atoms with Crippen LogP contribution in [0.25, 0.3) is 0 Å². The zero-order valence-corrected chi connectivity index (χ0v) is 7.89. The molecule has 5 heteroatoms. The number of hydrogen-bond acceptors (Lipinski definition) is 4. The van der Waals surface area contributed by atoms with E-state index in [-0.39, 0.29) is 0 Å². The first-order valence-electron chi connectivity index (χ1n) is 2.78. The highest BCUT2D eigenvalue weighted by Crippen LogP contribution is 2.20. The van der Waals surface area contributed by atoms with Crippen molar-refractivity contribution in [2.45, 2.75) is 4.90 Å². The first kappa shape index (κ1) is 9.02. The van der Waals surface area contributed by atoms with Gasteiger partial charge in [-0.05, 0) is 24.3 Å². The molecule has 11 heavy (non-hydrogen) atoms. The van der Waals surface area contributed by atoms with Crippen molar-refractivity contribution in [3.05, 3.63) is 28.7 Å². The molecule has 0 aliphatic rings. The number of hydrogen-bond donors (Lipinski definition) is 1. The molecule has 0 atom stereocenters. The van der Waals surface area contributed by atoms with E-state index in [1.807, 2.05) is 24.3 Å². The average Bonchev–Trinajstić information content (AvgIpc) is 2.04. The van der Waals surface area contributed by atoms with Crippen molar-refractivity contribution >= 4 is 28.0 Å². The van der Waals surface area contributed by atoms with Crippen LogP contribution in [0.1, 0.15) is 0 Å². The summed E-state index contributed by atoms with van der Waals surface area (Å²) in [5, 5.41) is 0. The quantitative estimate of drug-likeness (QED) is 0.496. The minimum Gasteiger partial charge on any atom is -0.182 e. The summed E-state index contributed by atoms with van der Waals surface area (Å²) in [6.45, 7) is 0. The lowest BCUT2D eigenvalue weighted by Crippen LogP contribution is -1.93. The SMILES string of the molecule is NOOSc1ccc(Br)cc1. The van der Waals surface area contributed by atoms with Crippen LogP contribution in [-0.4, -0.2) is 0 Å². The highest BCUT2D eigenvalue weighted by atomic mass is 79.9. The van der Waals surface area contributed by atoms with Crippen LogP contribution >= 0.6 is 28.0 Å². The molecular weight excluding hydrogens is 230 g/mol. The standard InChI is InChI=1S/C6H6BrNO2S/c7-5-1-3-6(4-2-5)11-10-9-8/h1-4H,8H2. The van der Waals surface area contributed by atoms with Gasteiger partial charge in [-0.1, -0.05) is 15.9 Å². The highest BCUT2D eigenvalue weighted by molar-refractivity contribution is 9.10. The minimum atomic E-state index is 0.929. The molecular formula is C6H6BrNO2S. The molecule has 0 saturated heterocycles. The summed E-state index contributed by atoms with van der Waals surface area (Å²) in [4.78, 5) is 4.86. The normalized spacial score (nSPS) is 10.0. The Morgan fingerprint density at radius 1 is 1.27 bits per heavy atom. The monoisotopic (exact) mass is 235 g/mol. The molecule has 1 aromatic rings. The third kappa shape index (κ3) is 3.22. The van der Waals surface area contributed by atoms with Gasteiger partial charge in [-0.2, -0.15) is 5.90 Å². The molecule has 60 valence electrons. The lowest BCUT2D eigenvalue weighted by Gasteiger charge is -1.96. The highest BCUT2D eigenvalue weighted by Gasteiger charge is 1.93. The Morgan fingerprint density at radius 2 is 1.91 bits per heavy atom. The van der Waals surface area contributed by atoms with Crippen LogP contribution < -0.4 is 5.90 Å². The fourth-order valence-corrected chi connectivity index (χ4v) is 1.18. The number of benzene rings is 1. The first-order valence-corrected chi connectivity index (χ1v) is 4.32. The Morgan fingerprint density at radius 3 is 2.45 bits per heavy atom. The van der Waals surface area contributed by atoms with Crippen molar-refractivity contribution in [2.24, 2.45) is 5.90 Å². The van der Waals surface area contributed by atoms with Crippen LogP contribution in [0.15, 0.2) is 33.6 Å². The fraction of sp³-hybridized carbons (Fsp3) is 0. The molecule has 0 fully saturated rings. The molecule has 0 saturated carbocycles. The van der Waals surface area contributed by atoms with Gasteiger partial charge in [0.2, 0.25) is 0 Å². The van der Waals surface area contributed by atoms with Crippen LogP contribution in [0.2, 0.25) is 0 Å². The van der Waals surface area contributed by atoms with Crippen LogP contribution in [-0.2, 0) is 9.32 Å². The predicted octanol–water partition coefficient (Wildman–Crippen LogP) is 2.28. The van der Waals surface area contributed by atoms with E-state index in [2.05, 4.69) is 31.1 Å². The van der Waals surface area contributed by atoms with E-state index in [1.165, 1.54) is 0 Å². The third-order valence-corrected chi connectivity index (χ3v) is 2.12. The second-order valence-corrected chi connectivity index (χ2v) is 3.39. The topological polar surface area (TPSA) is 44.5 Å². The van der Waals surface area contributed by atoms with Crippen LogP contribution in [0.4, 0.5) is 0 Å². The Kier molecular flexibility index (Phi) is 3.88. The van der Waals surface area contributed by atoms with Crippen molar-refractivity contribution in [2.75, 3.05) is 0 Å². The maximum atomic E-state index is 4.65. The summed E-state index contributed by atoms with van der Waals surface area (Å²) in [5.41, 5.74) is 0. The minimum absolute atomic E-state index is 0.929. The number of rotatable bonds is 3. The third-order valence-electron chi connectivity index (χ3n) is 0.983. The van der Waals surface area contributed by atoms with Crippen molar-refractivity contribution in [3.63, 3.8) is 0 Å². The molecule has 1 aromatic carbocycles. The van der Waals surface area contributed by atoms with Gasteiger partial charge in [-0.15, -0.1) is 9.32 Å². The van der Waals surface area contributed by atoms with E-state index in [0.29, 0.717) is 0 Å². The molecule has 0 radical (unpaired) electrons. The Balaban J connectivity index is 2.52. The molecule has 0 bridgehead atoms. The molecule has 0 unspecified atom stereocenters. The van der Waals surface area contributed by atoms with Crippen molar-refractivity contribution in [1.82, 2.24) is 0 Å². The van der Waals surface area contributed by atoms with Crippen LogP contribution in [0, 0.1) is 0 Å². The van der Waals surface area contributed by atoms with Gasteiger partial charge in [-0.25, -0.2) is 0 Å². The van der Waals surface area contributed by atoms with Gasteiger partial charge in [-0.3, -0.25) is 0 Å². The summed E-state index contributed by atoms with van der Waals surface area (Å²) in [5.74, 6) is 4.65. The van der Waals surface area contributed by atoms with Gasteiger partial charge >= 0.3 is 0 Å². The van der Waals surface area contributed by atoms with E-state index in [9.17, 15) is 0 Å². The van der Waals surface area contributed by atoms with E-state index in [4.69, 9.17) is 0 Å². The summed E-state index contributed by atoms with van der Waals surface area (Å²) < 4.78 is 5.46. The molecule has 0 heterocycles. The smallest absolute Gasteiger partial charge is 0.0702 e.